The van der Waals surface area contributed by atoms with Gasteiger partial charge in [-0.15, -0.1) is 11.3 Å². The highest BCUT2D eigenvalue weighted by atomic mass is 79.9. The molecule has 2 heterocycles. The Morgan fingerprint density at radius 3 is 2.70 bits per heavy atom. The van der Waals surface area contributed by atoms with Gasteiger partial charge in [-0.3, -0.25) is 4.68 Å². The van der Waals surface area contributed by atoms with Crippen molar-refractivity contribution in [2.24, 2.45) is 0 Å². The molecule has 0 spiro atoms. The van der Waals surface area contributed by atoms with Gasteiger partial charge in [0, 0.05) is 28.8 Å². The van der Waals surface area contributed by atoms with Crippen molar-refractivity contribution in [3.63, 3.8) is 0 Å². The van der Waals surface area contributed by atoms with E-state index >= 15 is 0 Å². The summed E-state index contributed by atoms with van der Waals surface area (Å²) in [4.78, 5) is 2.84. The van der Waals surface area contributed by atoms with Gasteiger partial charge < -0.3 is 5.32 Å². The molecule has 0 aliphatic carbocycles. The minimum Gasteiger partial charge on any atom is -0.312 e. The summed E-state index contributed by atoms with van der Waals surface area (Å²) in [5.74, 6) is 0. The average molecular weight is 356 g/mol. The average Bonchev–Trinajstić information content (AvgIpc) is 3.03. The van der Waals surface area contributed by atoms with Crippen LogP contribution in [0.4, 0.5) is 0 Å². The molecule has 20 heavy (non-hydrogen) atoms. The van der Waals surface area contributed by atoms with Crippen molar-refractivity contribution in [3.8, 4) is 0 Å². The maximum absolute atomic E-state index is 4.58. The van der Waals surface area contributed by atoms with E-state index in [9.17, 15) is 0 Å². The molecule has 2 aromatic rings. The Balaban J connectivity index is 2.26. The Morgan fingerprint density at radius 1 is 1.40 bits per heavy atom. The Morgan fingerprint density at radius 2 is 2.15 bits per heavy atom. The van der Waals surface area contributed by atoms with Crippen LogP contribution in [0.15, 0.2) is 16.6 Å². The number of likely N-dealkylation sites (N-methyl/N-ethyl adjacent to an activating group) is 1. The Kier molecular flexibility index (Phi) is 5.41. The van der Waals surface area contributed by atoms with Gasteiger partial charge in [0.25, 0.3) is 0 Å². The highest BCUT2D eigenvalue weighted by Crippen LogP contribution is 2.30. The number of hydrogen-bond donors (Lipinski definition) is 1. The van der Waals surface area contributed by atoms with Gasteiger partial charge in [-0.2, -0.15) is 5.10 Å². The van der Waals surface area contributed by atoms with Crippen LogP contribution in [0.5, 0.6) is 0 Å². The van der Waals surface area contributed by atoms with Crippen molar-refractivity contribution in [1.82, 2.24) is 15.1 Å². The molecular formula is C15H22BrN3S. The van der Waals surface area contributed by atoms with Crippen molar-refractivity contribution in [3.05, 3.63) is 37.7 Å². The predicted molar refractivity (Wildman–Crippen MR) is 89.5 cm³/mol. The molecule has 1 unspecified atom stereocenters. The lowest BCUT2D eigenvalue weighted by Gasteiger charge is -2.15. The van der Waals surface area contributed by atoms with E-state index in [2.05, 4.69) is 63.9 Å². The van der Waals surface area contributed by atoms with Gasteiger partial charge in [0.2, 0.25) is 0 Å². The molecule has 0 amide bonds. The molecule has 110 valence electrons. The molecule has 0 radical (unpaired) electrons. The summed E-state index contributed by atoms with van der Waals surface area (Å²) in [6.45, 7) is 7.30. The van der Waals surface area contributed by atoms with E-state index in [0.717, 1.165) is 29.6 Å². The van der Waals surface area contributed by atoms with Crippen molar-refractivity contribution < 1.29 is 0 Å². The van der Waals surface area contributed by atoms with E-state index in [1.54, 1.807) is 0 Å². The molecule has 2 rings (SSSR count). The van der Waals surface area contributed by atoms with Crippen molar-refractivity contribution >= 4 is 27.3 Å². The fourth-order valence-corrected chi connectivity index (χ4v) is 3.88. The number of rotatable bonds is 6. The first-order valence-electron chi connectivity index (χ1n) is 7.08. The Hall–Kier alpha value is -0.650. The van der Waals surface area contributed by atoms with Crippen LogP contribution in [0.1, 0.15) is 41.0 Å². The zero-order valence-corrected chi connectivity index (χ0v) is 14.9. The number of aryl methyl sites for hydroxylation is 3. The molecule has 0 aromatic carbocycles. The molecule has 0 fully saturated rings. The normalized spacial score (nSPS) is 12.8. The zero-order chi connectivity index (χ0) is 14.7. The Bertz CT molecular complexity index is 574. The largest absolute Gasteiger partial charge is 0.312 e. The third-order valence-electron chi connectivity index (χ3n) is 3.57. The summed E-state index contributed by atoms with van der Waals surface area (Å²) >= 11 is 5.59. The lowest BCUT2D eigenvalue weighted by molar-refractivity contribution is 0.545. The fraction of sp³-hybridized carbons (Fsp3) is 0.533. The van der Waals surface area contributed by atoms with E-state index in [1.807, 2.05) is 18.4 Å². The number of thiophene rings is 1. The topological polar surface area (TPSA) is 29.9 Å². The Labute approximate surface area is 133 Å². The second-order valence-corrected chi connectivity index (χ2v) is 6.86. The van der Waals surface area contributed by atoms with Crippen LogP contribution in [0, 0.1) is 6.92 Å². The van der Waals surface area contributed by atoms with E-state index in [-0.39, 0.29) is 0 Å². The number of hydrogen-bond acceptors (Lipinski definition) is 3. The molecule has 0 aliphatic heterocycles. The summed E-state index contributed by atoms with van der Waals surface area (Å²) in [6.07, 6.45) is 2.06. The van der Waals surface area contributed by atoms with Crippen molar-refractivity contribution in [1.29, 1.82) is 0 Å². The monoisotopic (exact) mass is 355 g/mol. The lowest BCUT2D eigenvalue weighted by atomic mass is 10.1. The molecule has 0 bridgehead atoms. The summed E-state index contributed by atoms with van der Waals surface area (Å²) < 4.78 is 3.24. The molecule has 2 aromatic heterocycles. The number of aromatic nitrogens is 2. The standard InChI is InChI=1S/C15H22BrN3S/c1-5-11-7-8-14(20-11)12(17-4)9-13-15(16)10(3)18-19(13)6-2/h7-8,12,17H,5-6,9H2,1-4H3. The first-order chi connectivity index (χ1) is 9.60. The summed E-state index contributed by atoms with van der Waals surface area (Å²) in [5, 5.41) is 8.02. The highest BCUT2D eigenvalue weighted by molar-refractivity contribution is 9.10. The van der Waals surface area contributed by atoms with Crippen LogP contribution < -0.4 is 5.32 Å². The molecular weight excluding hydrogens is 334 g/mol. The lowest BCUT2D eigenvalue weighted by Crippen LogP contribution is -2.19. The molecule has 5 heteroatoms. The fourth-order valence-electron chi connectivity index (χ4n) is 2.37. The van der Waals surface area contributed by atoms with Gasteiger partial charge in [0.05, 0.1) is 15.9 Å². The SMILES string of the molecule is CCc1ccc(C(Cc2c(Br)c(C)nn2CC)NC)s1. The second-order valence-electron chi connectivity index (χ2n) is 4.86. The maximum Gasteiger partial charge on any atom is 0.0738 e. The molecule has 1 atom stereocenters. The quantitative estimate of drug-likeness (QED) is 0.845. The number of nitrogens with one attached hydrogen (secondary N) is 1. The molecule has 0 saturated heterocycles. The van der Waals surface area contributed by atoms with E-state index < -0.39 is 0 Å². The van der Waals surface area contributed by atoms with Crippen LogP contribution in [-0.4, -0.2) is 16.8 Å². The van der Waals surface area contributed by atoms with Crippen LogP contribution in [0.2, 0.25) is 0 Å². The van der Waals surface area contributed by atoms with E-state index in [4.69, 9.17) is 0 Å². The van der Waals surface area contributed by atoms with Crippen molar-refractivity contribution in [2.75, 3.05) is 7.05 Å². The van der Waals surface area contributed by atoms with Gasteiger partial charge in [-0.05, 0) is 55.4 Å². The minimum atomic E-state index is 0.345. The second kappa shape index (κ2) is 6.87. The molecule has 0 aliphatic rings. The van der Waals surface area contributed by atoms with Crippen molar-refractivity contribution in [2.45, 2.75) is 46.2 Å². The minimum absolute atomic E-state index is 0.345. The third kappa shape index (κ3) is 3.15. The summed E-state index contributed by atoms with van der Waals surface area (Å²) in [6, 6.07) is 4.83. The van der Waals surface area contributed by atoms with Crippen LogP contribution >= 0.6 is 27.3 Å². The summed E-state index contributed by atoms with van der Waals surface area (Å²) in [5.41, 5.74) is 2.34. The van der Waals surface area contributed by atoms with E-state index in [1.165, 1.54) is 15.4 Å². The predicted octanol–water partition coefficient (Wildman–Crippen LogP) is 4.10. The zero-order valence-electron chi connectivity index (χ0n) is 12.5. The smallest absolute Gasteiger partial charge is 0.0738 e. The van der Waals surface area contributed by atoms with Gasteiger partial charge in [0.15, 0.2) is 0 Å². The highest BCUT2D eigenvalue weighted by Gasteiger charge is 2.19. The third-order valence-corrected chi connectivity index (χ3v) is 5.95. The van der Waals surface area contributed by atoms with Crippen LogP contribution in [0.25, 0.3) is 0 Å². The molecule has 3 nitrogen and oxygen atoms in total. The number of nitrogens with zero attached hydrogens (tertiary/aromatic N) is 2. The van der Waals surface area contributed by atoms with Gasteiger partial charge >= 0.3 is 0 Å². The van der Waals surface area contributed by atoms with E-state index in [0.29, 0.717) is 6.04 Å². The maximum atomic E-state index is 4.58. The van der Waals surface area contributed by atoms with Crippen LogP contribution in [0.3, 0.4) is 0 Å². The first-order valence-corrected chi connectivity index (χ1v) is 8.69. The molecule has 1 N–H and O–H groups in total. The van der Waals surface area contributed by atoms with Gasteiger partial charge in [0.1, 0.15) is 0 Å². The van der Waals surface area contributed by atoms with Gasteiger partial charge in [-0.1, -0.05) is 6.92 Å². The number of halogens is 1. The van der Waals surface area contributed by atoms with Crippen LogP contribution in [-0.2, 0) is 19.4 Å². The molecule has 0 saturated carbocycles. The summed E-state index contributed by atoms with van der Waals surface area (Å²) in [7, 11) is 2.03. The van der Waals surface area contributed by atoms with Gasteiger partial charge in [-0.25, -0.2) is 0 Å². The first kappa shape index (κ1) is 15.7.